The van der Waals surface area contributed by atoms with Gasteiger partial charge in [0.1, 0.15) is 11.3 Å². The van der Waals surface area contributed by atoms with Gasteiger partial charge in [-0.15, -0.1) is 0 Å². The van der Waals surface area contributed by atoms with E-state index in [0.29, 0.717) is 26.0 Å². The summed E-state index contributed by atoms with van der Waals surface area (Å²) in [6, 6.07) is 10.5. The van der Waals surface area contributed by atoms with Crippen molar-refractivity contribution in [1.82, 2.24) is 9.21 Å². The summed E-state index contributed by atoms with van der Waals surface area (Å²) < 4.78 is 72.7. The van der Waals surface area contributed by atoms with Gasteiger partial charge in [-0.05, 0) is 56.2 Å². The van der Waals surface area contributed by atoms with Crippen LogP contribution >= 0.6 is 0 Å². The molecule has 2 saturated heterocycles. The summed E-state index contributed by atoms with van der Waals surface area (Å²) >= 11 is 0. The first-order valence-electron chi connectivity index (χ1n) is 13.3. The number of hydrogen-bond acceptors (Lipinski definition) is 8. The van der Waals surface area contributed by atoms with Crippen molar-refractivity contribution in [2.24, 2.45) is 0 Å². The molecule has 14 heteroatoms. The maximum Gasteiger partial charge on any atom is 0.423 e. The molecule has 2 aliphatic heterocycles. The van der Waals surface area contributed by atoms with Crippen molar-refractivity contribution in [3.63, 3.8) is 0 Å². The fourth-order valence-electron chi connectivity index (χ4n) is 5.05. The standard InChI is InChI=1S/C26H34F3N5O5S/c1-2-39-23-6-4-22(5-7-23)32-15-13-31(14-16-32)17-18-40(37,38)33-11-9-20(10-12-33)30-21-3-8-25(34(35)36)24(19-21)26(27,28)29/h3-8,19-20,30H,2,9-18H2,1H3. The van der Waals surface area contributed by atoms with E-state index in [2.05, 4.69) is 15.1 Å². The van der Waals surface area contributed by atoms with Crippen LogP contribution in [-0.4, -0.2) is 86.8 Å². The quantitative estimate of drug-likeness (QED) is 0.329. The Bertz CT molecular complexity index is 1260. The highest BCUT2D eigenvalue weighted by molar-refractivity contribution is 7.89. The summed E-state index contributed by atoms with van der Waals surface area (Å²) in [5.74, 6) is 0.836. The molecule has 0 aliphatic carbocycles. The van der Waals surface area contributed by atoms with E-state index < -0.39 is 32.4 Å². The van der Waals surface area contributed by atoms with Crippen LogP contribution in [0, 0.1) is 10.1 Å². The molecular formula is C26H34F3N5O5S. The number of halogens is 3. The van der Waals surface area contributed by atoms with E-state index in [1.54, 1.807) is 0 Å². The van der Waals surface area contributed by atoms with Crippen LogP contribution in [0.15, 0.2) is 42.5 Å². The number of sulfonamides is 1. The molecule has 0 bridgehead atoms. The number of nitrogens with one attached hydrogen (secondary N) is 1. The second-order valence-corrected chi connectivity index (χ2v) is 12.0. The van der Waals surface area contributed by atoms with Gasteiger partial charge in [0.05, 0.1) is 17.3 Å². The Balaban J connectivity index is 1.23. The molecule has 220 valence electrons. The van der Waals surface area contributed by atoms with E-state index in [0.717, 1.165) is 49.7 Å². The Morgan fingerprint density at radius 2 is 1.68 bits per heavy atom. The molecule has 0 aromatic heterocycles. The molecule has 0 unspecified atom stereocenters. The van der Waals surface area contributed by atoms with E-state index in [9.17, 15) is 31.7 Å². The van der Waals surface area contributed by atoms with Crippen LogP contribution in [0.25, 0.3) is 0 Å². The molecule has 40 heavy (non-hydrogen) atoms. The first-order valence-corrected chi connectivity index (χ1v) is 14.9. The smallest absolute Gasteiger partial charge is 0.423 e. The SMILES string of the molecule is CCOc1ccc(N2CCN(CCS(=O)(=O)N3CCC(Nc4ccc([N+](=O)[O-])c(C(F)(F)F)c4)CC3)CC2)cc1. The molecule has 0 spiro atoms. The van der Waals surface area contributed by atoms with Crippen LogP contribution in [0.3, 0.4) is 0 Å². The highest BCUT2D eigenvalue weighted by Crippen LogP contribution is 2.38. The Hall–Kier alpha value is -3.10. The first kappa shape index (κ1) is 29.9. The number of ether oxygens (including phenoxy) is 1. The highest BCUT2D eigenvalue weighted by Gasteiger charge is 2.38. The van der Waals surface area contributed by atoms with Crippen LogP contribution in [0.4, 0.5) is 30.2 Å². The molecule has 2 fully saturated rings. The van der Waals surface area contributed by atoms with E-state index in [4.69, 9.17) is 4.74 Å². The third-order valence-corrected chi connectivity index (χ3v) is 9.12. The number of rotatable bonds is 10. The number of piperidine rings is 1. The first-order chi connectivity index (χ1) is 19.0. The molecule has 0 atom stereocenters. The van der Waals surface area contributed by atoms with Crippen LogP contribution in [-0.2, 0) is 16.2 Å². The number of nitrogens with zero attached hydrogens (tertiary/aromatic N) is 4. The molecule has 0 amide bonds. The van der Waals surface area contributed by atoms with Gasteiger partial charge < -0.3 is 15.0 Å². The predicted octanol–water partition coefficient (Wildman–Crippen LogP) is 4.04. The van der Waals surface area contributed by atoms with Gasteiger partial charge in [0, 0.05) is 69.3 Å². The zero-order chi connectivity index (χ0) is 28.9. The van der Waals surface area contributed by atoms with Crippen molar-refractivity contribution in [2.75, 3.05) is 68.4 Å². The highest BCUT2D eigenvalue weighted by atomic mass is 32.2. The lowest BCUT2D eigenvalue weighted by Crippen LogP contribution is -2.49. The molecule has 2 heterocycles. The Labute approximate surface area is 231 Å². The Morgan fingerprint density at radius 1 is 1.02 bits per heavy atom. The average molecular weight is 586 g/mol. The third kappa shape index (κ3) is 7.55. The number of anilines is 2. The van der Waals surface area contributed by atoms with Crippen molar-refractivity contribution in [3.05, 3.63) is 58.1 Å². The lowest BCUT2D eigenvalue weighted by Gasteiger charge is -2.37. The summed E-state index contributed by atoms with van der Waals surface area (Å²) in [6.45, 7) is 6.59. The van der Waals surface area contributed by atoms with Gasteiger partial charge in [0.25, 0.3) is 5.69 Å². The Morgan fingerprint density at radius 3 is 2.25 bits per heavy atom. The van der Waals surface area contributed by atoms with Gasteiger partial charge >= 0.3 is 6.18 Å². The van der Waals surface area contributed by atoms with Crippen molar-refractivity contribution >= 4 is 27.1 Å². The number of nitro groups is 1. The minimum absolute atomic E-state index is 0.00540. The van der Waals surface area contributed by atoms with E-state index in [-0.39, 0.29) is 30.6 Å². The molecule has 2 aliphatic rings. The topological polar surface area (TPSA) is 108 Å². The summed E-state index contributed by atoms with van der Waals surface area (Å²) in [5.41, 5.74) is -1.10. The number of nitro benzene ring substituents is 1. The minimum Gasteiger partial charge on any atom is -0.494 e. The number of piperazine rings is 1. The van der Waals surface area contributed by atoms with Gasteiger partial charge in [0.15, 0.2) is 0 Å². The van der Waals surface area contributed by atoms with Gasteiger partial charge in [-0.2, -0.15) is 13.2 Å². The van der Waals surface area contributed by atoms with Crippen molar-refractivity contribution in [1.29, 1.82) is 0 Å². The molecule has 10 nitrogen and oxygen atoms in total. The molecule has 0 saturated carbocycles. The summed E-state index contributed by atoms with van der Waals surface area (Å²) in [5, 5.41) is 13.9. The fourth-order valence-corrected chi connectivity index (χ4v) is 6.56. The lowest BCUT2D eigenvalue weighted by atomic mass is 10.1. The maximum absolute atomic E-state index is 13.3. The van der Waals surface area contributed by atoms with Gasteiger partial charge in [-0.3, -0.25) is 15.0 Å². The molecule has 1 N–H and O–H groups in total. The van der Waals surface area contributed by atoms with Gasteiger partial charge in [-0.25, -0.2) is 12.7 Å². The molecular weight excluding hydrogens is 551 g/mol. The lowest BCUT2D eigenvalue weighted by molar-refractivity contribution is -0.388. The van der Waals surface area contributed by atoms with E-state index in [1.807, 2.05) is 31.2 Å². The van der Waals surface area contributed by atoms with Crippen LogP contribution in [0.2, 0.25) is 0 Å². The zero-order valence-corrected chi connectivity index (χ0v) is 23.1. The van der Waals surface area contributed by atoms with Crippen LogP contribution in [0.1, 0.15) is 25.3 Å². The summed E-state index contributed by atoms with van der Waals surface area (Å²) in [7, 11) is -3.48. The largest absolute Gasteiger partial charge is 0.494 e. The predicted molar refractivity (Wildman–Crippen MR) is 146 cm³/mol. The van der Waals surface area contributed by atoms with Crippen molar-refractivity contribution in [3.8, 4) is 5.75 Å². The normalized spacial score (nSPS) is 18.1. The zero-order valence-electron chi connectivity index (χ0n) is 22.3. The molecule has 0 radical (unpaired) electrons. The molecule has 2 aromatic rings. The van der Waals surface area contributed by atoms with Crippen molar-refractivity contribution in [2.45, 2.75) is 32.0 Å². The maximum atomic E-state index is 13.3. The second kappa shape index (κ2) is 12.6. The number of hydrogen-bond donors (Lipinski definition) is 1. The average Bonchev–Trinajstić information content (AvgIpc) is 2.93. The number of alkyl halides is 3. The summed E-state index contributed by atoms with van der Waals surface area (Å²) in [4.78, 5) is 14.3. The molecule has 4 rings (SSSR count). The van der Waals surface area contributed by atoms with Gasteiger partial charge in [-0.1, -0.05) is 0 Å². The minimum atomic E-state index is -4.86. The van der Waals surface area contributed by atoms with Crippen molar-refractivity contribution < 1.29 is 31.2 Å². The third-order valence-electron chi connectivity index (χ3n) is 7.27. The van der Waals surface area contributed by atoms with E-state index in [1.165, 1.54) is 10.4 Å². The monoisotopic (exact) mass is 585 g/mol. The summed E-state index contributed by atoms with van der Waals surface area (Å²) in [6.07, 6.45) is -4.03. The Kier molecular flexibility index (Phi) is 9.41. The van der Waals surface area contributed by atoms with Crippen LogP contribution < -0.4 is 15.0 Å². The second-order valence-electron chi connectivity index (χ2n) is 9.88. The fraction of sp³-hybridized carbons (Fsp3) is 0.538. The number of benzene rings is 2. The van der Waals surface area contributed by atoms with Crippen LogP contribution in [0.5, 0.6) is 5.75 Å². The molecule has 2 aromatic carbocycles. The van der Waals surface area contributed by atoms with Gasteiger partial charge in [0.2, 0.25) is 10.0 Å². The van der Waals surface area contributed by atoms with E-state index >= 15 is 0 Å².